The highest BCUT2D eigenvalue weighted by molar-refractivity contribution is 9.10. The lowest BCUT2D eigenvalue weighted by atomic mass is 9.80. The van der Waals surface area contributed by atoms with Crippen LogP contribution in [0.15, 0.2) is 22.7 Å². The van der Waals surface area contributed by atoms with Crippen molar-refractivity contribution in [2.24, 2.45) is 0 Å². The lowest BCUT2D eigenvalue weighted by molar-refractivity contribution is -0.143. The fraction of sp³-hybridized carbons (Fsp3) is 0.364. The van der Waals surface area contributed by atoms with Crippen molar-refractivity contribution in [3.05, 3.63) is 34.1 Å². The van der Waals surface area contributed by atoms with Crippen molar-refractivity contribution < 1.29 is 14.3 Å². The highest BCUT2D eigenvalue weighted by Crippen LogP contribution is 2.35. The first kappa shape index (κ1) is 12.2. The molecule has 0 radical (unpaired) electrons. The first-order valence-electron chi connectivity index (χ1n) is 4.61. The Morgan fingerprint density at radius 3 is 2.60 bits per heavy atom. The highest BCUT2D eigenvalue weighted by atomic mass is 79.9. The Balaban J connectivity index is 3.42. The Morgan fingerprint density at radius 1 is 1.60 bits per heavy atom. The van der Waals surface area contributed by atoms with Crippen molar-refractivity contribution in [3.63, 3.8) is 0 Å². The van der Waals surface area contributed by atoms with E-state index in [1.807, 2.05) is 0 Å². The lowest BCUT2D eigenvalue weighted by Crippen LogP contribution is -2.33. The third kappa shape index (κ3) is 2.04. The number of hydrogen-bond donors (Lipinski definition) is 1. The summed E-state index contributed by atoms with van der Waals surface area (Å²) >= 11 is 3.19. The summed E-state index contributed by atoms with van der Waals surface area (Å²) < 4.78 is 14.1. The van der Waals surface area contributed by atoms with Gasteiger partial charge in [0.1, 0.15) is 5.82 Å². The fourth-order valence-electron chi connectivity index (χ4n) is 1.46. The first-order valence-corrected chi connectivity index (χ1v) is 5.40. The third-order valence-corrected chi connectivity index (χ3v) is 3.35. The zero-order chi connectivity index (χ0) is 11.6. The number of carbonyl (C=O) groups is 1. The molecular formula is C11H12BrFO2. The van der Waals surface area contributed by atoms with Crippen LogP contribution in [-0.4, -0.2) is 11.1 Å². The summed E-state index contributed by atoms with van der Waals surface area (Å²) in [6.45, 7) is 3.26. The van der Waals surface area contributed by atoms with Gasteiger partial charge in [-0.15, -0.1) is 0 Å². The molecule has 0 amide bonds. The van der Waals surface area contributed by atoms with E-state index in [9.17, 15) is 9.18 Å². The van der Waals surface area contributed by atoms with Crippen LogP contribution in [0.5, 0.6) is 0 Å². The number of benzene rings is 1. The number of carboxylic acids is 1. The average molecular weight is 275 g/mol. The van der Waals surface area contributed by atoms with Gasteiger partial charge in [-0.05, 0) is 25.5 Å². The second kappa shape index (κ2) is 4.31. The van der Waals surface area contributed by atoms with Crippen molar-refractivity contribution in [3.8, 4) is 0 Å². The normalized spacial score (nSPS) is 14.7. The number of hydrogen-bond acceptors (Lipinski definition) is 1. The third-order valence-electron chi connectivity index (χ3n) is 2.69. The van der Waals surface area contributed by atoms with Gasteiger partial charge in [0.25, 0.3) is 0 Å². The van der Waals surface area contributed by atoms with E-state index in [4.69, 9.17) is 5.11 Å². The summed E-state index contributed by atoms with van der Waals surface area (Å²) in [6.07, 6.45) is 0.335. The van der Waals surface area contributed by atoms with Gasteiger partial charge in [-0.2, -0.15) is 0 Å². The van der Waals surface area contributed by atoms with Crippen molar-refractivity contribution in [2.45, 2.75) is 25.7 Å². The molecule has 1 N–H and O–H groups in total. The number of rotatable bonds is 3. The zero-order valence-corrected chi connectivity index (χ0v) is 10.1. The number of halogens is 2. The fourth-order valence-corrected chi connectivity index (χ4v) is 2.24. The lowest BCUT2D eigenvalue weighted by Gasteiger charge is -2.25. The molecule has 4 heteroatoms. The molecule has 0 aliphatic carbocycles. The van der Waals surface area contributed by atoms with E-state index in [0.29, 0.717) is 10.9 Å². The molecule has 1 rings (SSSR count). The van der Waals surface area contributed by atoms with E-state index >= 15 is 0 Å². The number of carboxylic acid groups (broad SMARTS) is 1. The van der Waals surface area contributed by atoms with Gasteiger partial charge in [-0.1, -0.05) is 28.9 Å². The minimum Gasteiger partial charge on any atom is -0.481 e. The van der Waals surface area contributed by atoms with E-state index in [0.717, 1.165) is 0 Å². The second-order valence-corrected chi connectivity index (χ2v) is 4.44. The maximum absolute atomic E-state index is 13.6. The van der Waals surface area contributed by atoms with Gasteiger partial charge in [0, 0.05) is 10.0 Å². The second-order valence-electron chi connectivity index (χ2n) is 3.59. The van der Waals surface area contributed by atoms with Crippen LogP contribution < -0.4 is 0 Å². The average Bonchev–Trinajstić information content (AvgIpc) is 2.16. The SMILES string of the molecule is CCC(C)(C(=O)O)c1c(F)cccc1Br. The van der Waals surface area contributed by atoms with Crippen LogP contribution in [0.1, 0.15) is 25.8 Å². The first-order chi connectivity index (χ1) is 6.93. The predicted molar refractivity (Wildman–Crippen MR) is 59.4 cm³/mol. The molecule has 0 saturated heterocycles. The molecule has 0 aliphatic rings. The van der Waals surface area contributed by atoms with Crippen LogP contribution >= 0.6 is 15.9 Å². The molecule has 0 saturated carbocycles. The Labute approximate surface area is 96.2 Å². The molecule has 1 unspecified atom stereocenters. The maximum atomic E-state index is 13.6. The predicted octanol–water partition coefficient (Wildman–Crippen LogP) is 3.34. The van der Waals surface area contributed by atoms with Crippen LogP contribution in [-0.2, 0) is 10.2 Å². The summed E-state index contributed by atoms with van der Waals surface area (Å²) in [7, 11) is 0. The smallest absolute Gasteiger partial charge is 0.313 e. The minimum absolute atomic E-state index is 0.208. The molecule has 0 aromatic heterocycles. The summed E-state index contributed by atoms with van der Waals surface area (Å²) in [5.74, 6) is -1.51. The van der Waals surface area contributed by atoms with Crippen molar-refractivity contribution in [2.75, 3.05) is 0 Å². The molecule has 0 spiro atoms. The van der Waals surface area contributed by atoms with E-state index < -0.39 is 17.2 Å². The molecule has 0 bridgehead atoms. The summed E-state index contributed by atoms with van der Waals surface area (Å²) in [4.78, 5) is 11.2. The zero-order valence-electron chi connectivity index (χ0n) is 8.55. The Bertz CT molecular complexity index is 372. The monoisotopic (exact) mass is 274 g/mol. The van der Waals surface area contributed by atoms with Gasteiger partial charge in [-0.3, -0.25) is 4.79 Å². The molecule has 0 heterocycles. The van der Waals surface area contributed by atoms with Crippen LogP contribution in [0.4, 0.5) is 4.39 Å². The highest BCUT2D eigenvalue weighted by Gasteiger charge is 2.37. The summed E-state index contributed by atoms with van der Waals surface area (Å²) in [6, 6.07) is 4.47. The molecule has 1 atom stereocenters. The van der Waals surface area contributed by atoms with Gasteiger partial charge >= 0.3 is 5.97 Å². The number of aliphatic carboxylic acids is 1. The largest absolute Gasteiger partial charge is 0.481 e. The Hall–Kier alpha value is -0.900. The van der Waals surface area contributed by atoms with E-state index in [1.165, 1.54) is 13.0 Å². The minimum atomic E-state index is -1.19. The molecule has 1 aromatic rings. The van der Waals surface area contributed by atoms with E-state index in [2.05, 4.69) is 15.9 Å². The van der Waals surface area contributed by atoms with Crippen LogP contribution in [0.3, 0.4) is 0 Å². The van der Waals surface area contributed by atoms with Crippen LogP contribution in [0.2, 0.25) is 0 Å². The van der Waals surface area contributed by atoms with Gasteiger partial charge in [0.15, 0.2) is 0 Å². The summed E-state index contributed by atoms with van der Waals surface area (Å²) in [5.41, 5.74) is -0.982. The van der Waals surface area contributed by atoms with Gasteiger partial charge < -0.3 is 5.11 Å². The van der Waals surface area contributed by atoms with E-state index in [1.54, 1.807) is 19.1 Å². The molecule has 82 valence electrons. The quantitative estimate of drug-likeness (QED) is 0.918. The Kier molecular flexibility index (Phi) is 3.50. The summed E-state index contributed by atoms with van der Waals surface area (Å²) in [5, 5.41) is 9.15. The van der Waals surface area contributed by atoms with Crippen molar-refractivity contribution in [1.29, 1.82) is 0 Å². The van der Waals surface area contributed by atoms with Crippen LogP contribution in [0, 0.1) is 5.82 Å². The standard InChI is InChI=1S/C11H12BrFO2/c1-3-11(2,10(14)15)9-7(12)5-4-6-8(9)13/h4-6H,3H2,1-2H3,(H,14,15). The topological polar surface area (TPSA) is 37.3 Å². The molecule has 2 nitrogen and oxygen atoms in total. The molecule has 0 fully saturated rings. The Morgan fingerprint density at radius 2 is 2.20 bits per heavy atom. The molecular weight excluding hydrogens is 263 g/mol. The maximum Gasteiger partial charge on any atom is 0.313 e. The van der Waals surface area contributed by atoms with Crippen molar-refractivity contribution in [1.82, 2.24) is 0 Å². The van der Waals surface area contributed by atoms with E-state index in [-0.39, 0.29) is 5.56 Å². The van der Waals surface area contributed by atoms with Crippen LogP contribution in [0.25, 0.3) is 0 Å². The van der Waals surface area contributed by atoms with Gasteiger partial charge in [0.2, 0.25) is 0 Å². The van der Waals surface area contributed by atoms with Gasteiger partial charge in [-0.25, -0.2) is 4.39 Å². The molecule has 15 heavy (non-hydrogen) atoms. The molecule has 1 aromatic carbocycles. The molecule has 0 aliphatic heterocycles. The van der Waals surface area contributed by atoms with Gasteiger partial charge in [0.05, 0.1) is 5.41 Å². The van der Waals surface area contributed by atoms with Crippen molar-refractivity contribution >= 4 is 21.9 Å².